The minimum Gasteiger partial charge on any atom is -0.463 e. The fraction of sp³-hybridized carbons (Fsp3) is 0.917. The number of likely N-dealkylation sites (N-methyl/N-ethyl adjacent to an activating group) is 1. The normalized spacial score (nSPS) is 24.2. The summed E-state index contributed by atoms with van der Waals surface area (Å²) >= 11 is 0. The molecule has 0 aliphatic carbocycles. The van der Waals surface area contributed by atoms with E-state index < -0.39 is 0 Å². The van der Waals surface area contributed by atoms with E-state index in [0.29, 0.717) is 39.0 Å². The first-order valence-electron chi connectivity index (χ1n) is 6.14. The van der Waals surface area contributed by atoms with Crippen LogP contribution in [0.4, 0.5) is 0 Å². The second-order valence-electron chi connectivity index (χ2n) is 4.68. The number of carbonyl (C=O) groups excluding carboxylic acids is 1. The molecule has 5 heteroatoms. The van der Waals surface area contributed by atoms with Gasteiger partial charge in [0, 0.05) is 12.6 Å². The molecule has 1 rings (SSSR count). The average Bonchev–Trinajstić information content (AvgIpc) is 2.75. The van der Waals surface area contributed by atoms with Crippen molar-refractivity contribution in [3.05, 3.63) is 0 Å². The third kappa shape index (κ3) is 5.02. The summed E-state index contributed by atoms with van der Waals surface area (Å²) in [6, 6.07) is 0.0686. The molecule has 17 heavy (non-hydrogen) atoms. The zero-order valence-corrected chi connectivity index (χ0v) is 10.9. The Labute approximate surface area is 103 Å². The standard InChI is InChI=1S/C12H23NO4/c1-9(2)6-15-4-5-17-12(14)10-7-16-8-11(10)13-3/h9-11,13H,4-8H2,1-3H3. The van der Waals surface area contributed by atoms with Crippen LogP contribution in [0.5, 0.6) is 0 Å². The van der Waals surface area contributed by atoms with Crippen molar-refractivity contribution in [2.45, 2.75) is 19.9 Å². The van der Waals surface area contributed by atoms with E-state index in [0.717, 1.165) is 0 Å². The smallest absolute Gasteiger partial charge is 0.313 e. The van der Waals surface area contributed by atoms with E-state index in [4.69, 9.17) is 14.2 Å². The van der Waals surface area contributed by atoms with E-state index in [2.05, 4.69) is 19.2 Å². The van der Waals surface area contributed by atoms with Crippen molar-refractivity contribution in [3.8, 4) is 0 Å². The van der Waals surface area contributed by atoms with Crippen molar-refractivity contribution < 1.29 is 19.0 Å². The molecule has 0 radical (unpaired) electrons. The van der Waals surface area contributed by atoms with Crippen molar-refractivity contribution in [1.82, 2.24) is 5.32 Å². The van der Waals surface area contributed by atoms with Crippen LogP contribution < -0.4 is 5.32 Å². The van der Waals surface area contributed by atoms with E-state index in [1.54, 1.807) is 0 Å². The van der Waals surface area contributed by atoms with Crippen LogP contribution in [-0.2, 0) is 19.0 Å². The lowest BCUT2D eigenvalue weighted by atomic mass is 10.0. The van der Waals surface area contributed by atoms with Crippen molar-refractivity contribution in [2.24, 2.45) is 11.8 Å². The molecule has 0 aromatic heterocycles. The van der Waals surface area contributed by atoms with Crippen molar-refractivity contribution in [1.29, 1.82) is 0 Å². The highest BCUT2D eigenvalue weighted by atomic mass is 16.6. The van der Waals surface area contributed by atoms with E-state index in [1.165, 1.54) is 0 Å². The zero-order valence-electron chi connectivity index (χ0n) is 10.9. The van der Waals surface area contributed by atoms with Crippen LogP contribution >= 0.6 is 0 Å². The van der Waals surface area contributed by atoms with Crippen LogP contribution in [0.2, 0.25) is 0 Å². The maximum Gasteiger partial charge on any atom is 0.313 e. The molecule has 0 aromatic rings. The molecular weight excluding hydrogens is 222 g/mol. The van der Waals surface area contributed by atoms with Crippen LogP contribution in [0.15, 0.2) is 0 Å². The van der Waals surface area contributed by atoms with Crippen molar-refractivity contribution in [3.63, 3.8) is 0 Å². The lowest BCUT2D eigenvalue weighted by molar-refractivity contribution is -0.150. The third-order valence-corrected chi connectivity index (χ3v) is 2.68. The van der Waals surface area contributed by atoms with Gasteiger partial charge < -0.3 is 19.5 Å². The molecule has 5 nitrogen and oxygen atoms in total. The predicted molar refractivity (Wildman–Crippen MR) is 63.8 cm³/mol. The number of esters is 1. The molecule has 2 unspecified atom stereocenters. The summed E-state index contributed by atoms with van der Waals surface area (Å²) in [5, 5.41) is 3.05. The zero-order chi connectivity index (χ0) is 12.7. The molecule has 0 saturated carbocycles. The minimum atomic E-state index is -0.199. The molecule has 1 saturated heterocycles. The summed E-state index contributed by atoms with van der Waals surface area (Å²) in [6.07, 6.45) is 0. The fourth-order valence-corrected chi connectivity index (χ4v) is 1.70. The molecule has 1 aliphatic heterocycles. The van der Waals surface area contributed by atoms with Crippen LogP contribution in [0.3, 0.4) is 0 Å². The molecule has 0 bridgehead atoms. The number of hydrogen-bond acceptors (Lipinski definition) is 5. The SMILES string of the molecule is CNC1COCC1C(=O)OCCOCC(C)C. The summed E-state index contributed by atoms with van der Waals surface area (Å²) in [5.74, 6) is 0.114. The number of rotatable bonds is 7. The largest absolute Gasteiger partial charge is 0.463 e. The van der Waals surface area contributed by atoms with Gasteiger partial charge in [-0.15, -0.1) is 0 Å². The maximum absolute atomic E-state index is 11.7. The highest BCUT2D eigenvalue weighted by molar-refractivity contribution is 5.73. The minimum absolute atomic E-state index is 0.0686. The van der Waals surface area contributed by atoms with Crippen LogP contribution in [-0.4, -0.2) is 52.1 Å². The van der Waals surface area contributed by atoms with E-state index >= 15 is 0 Å². The molecule has 2 atom stereocenters. The number of hydrogen-bond donors (Lipinski definition) is 1. The highest BCUT2D eigenvalue weighted by Crippen LogP contribution is 2.14. The van der Waals surface area contributed by atoms with Gasteiger partial charge in [-0.25, -0.2) is 0 Å². The molecule has 0 amide bonds. The quantitative estimate of drug-likeness (QED) is 0.521. The first-order chi connectivity index (χ1) is 8.15. The maximum atomic E-state index is 11.7. The molecule has 0 aromatic carbocycles. The summed E-state index contributed by atoms with van der Waals surface area (Å²) in [6.45, 7) is 6.65. The Bertz CT molecular complexity index is 233. The second-order valence-corrected chi connectivity index (χ2v) is 4.68. The van der Waals surface area contributed by atoms with Crippen LogP contribution in [0, 0.1) is 11.8 Å². The molecule has 1 heterocycles. The van der Waals surface area contributed by atoms with E-state index in [-0.39, 0.29) is 17.9 Å². The topological polar surface area (TPSA) is 56.8 Å². The Morgan fingerprint density at radius 2 is 2.18 bits per heavy atom. The summed E-state index contributed by atoms with van der Waals surface area (Å²) in [4.78, 5) is 11.7. The monoisotopic (exact) mass is 245 g/mol. The Morgan fingerprint density at radius 1 is 1.41 bits per heavy atom. The summed E-state index contributed by atoms with van der Waals surface area (Å²) in [7, 11) is 1.82. The second kappa shape index (κ2) is 7.63. The van der Waals surface area contributed by atoms with Gasteiger partial charge in [-0.1, -0.05) is 13.8 Å². The molecule has 0 spiro atoms. The Morgan fingerprint density at radius 3 is 2.82 bits per heavy atom. The van der Waals surface area contributed by atoms with Crippen LogP contribution in [0.25, 0.3) is 0 Å². The predicted octanol–water partition coefficient (Wildman–Crippen LogP) is 0.437. The molecular formula is C12H23NO4. The Balaban J connectivity index is 2.12. The molecule has 1 fully saturated rings. The Hall–Kier alpha value is -0.650. The van der Waals surface area contributed by atoms with E-state index in [9.17, 15) is 4.79 Å². The van der Waals surface area contributed by atoms with Gasteiger partial charge in [-0.3, -0.25) is 4.79 Å². The summed E-state index contributed by atoms with van der Waals surface area (Å²) < 4.78 is 15.7. The van der Waals surface area contributed by atoms with Gasteiger partial charge in [0.1, 0.15) is 6.61 Å². The van der Waals surface area contributed by atoms with E-state index in [1.807, 2.05) is 7.05 Å². The number of ether oxygens (including phenoxy) is 3. The molecule has 1 aliphatic rings. The van der Waals surface area contributed by atoms with Gasteiger partial charge in [0.15, 0.2) is 0 Å². The Kier molecular flexibility index (Phi) is 6.47. The lowest BCUT2D eigenvalue weighted by Gasteiger charge is -2.15. The number of carbonyl (C=O) groups is 1. The van der Waals surface area contributed by atoms with Crippen LogP contribution in [0.1, 0.15) is 13.8 Å². The summed E-state index contributed by atoms with van der Waals surface area (Å²) in [5.41, 5.74) is 0. The average molecular weight is 245 g/mol. The number of nitrogens with one attached hydrogen (secondary N) is 1. The van der Waals surface area contributed by atoms with Gasteiger partial charge in [0.25, 0.3) is 0 Å². The first-order valence-corrected chi connectivity index (χ1v) is 6.14. The van der Waals surface area contributed by atoms with Gasteiger partial charge in [-0.05, 0) is 13.0 Å². The fourth-order valence-electron chi connectivity index (χ4n) is 1.70. The van der Waals surface area contributed by atoms with Crippen molar-refractivity contribution >= 4 is 5.97 Å². The van der Waals surface area contributed by atoms with Gasteiger partial charge in [0.2, 0.25) is 0 Å². The highest BCUT2D eigenvalue weighted by Gasteiger charge is 2.34. The van der Waals surface area contributed by atoms with Gasteiger partial charge in [0.05, 0.1) is 25.7 Å². The van der Waals surface area contributed by atoms with Gasteiger partial charge >= 0.3 is 5.97 Å². The first kappa shape index (κ1) is 14.4. The molecule has 100 valence electrons. The third-order valence-electron chi connectivity index (χ3n) is 2.68. The van der Waals surface area contributed by atoms with Crippen molar-refractivity contribution in [2.75, 3.05) is 40.1 Å². The lowest BCUT2D eigenvalue weighted by Crippen LogP contribution is -2.38. The molecule has 1 N–H and O–H groups in total. The van der Waals surface area contributed by atoms with Gasteiger partial charge in [-0.2, -0.15) is 0 Å².